The highest BCUT2D eigenvalue weighted by Crippen LogP contribution is 2.18. The van der Waals surface area contributed by atoms with Gasteiger partial charge in [-0.05, 0) is 32.4 Å². The van der Waals surface area contributed by atoms with Gasteiger partial charge in [0.15, 0.2) is 0 Å². The quantitative estimate of drug-likeness (QED) is 0.220. The Morgan fingerprint density at radius 3 is 1.80 bits per heavy atom. The van der Waals surface area contributed by atoms with Crippen molar-refractivity contribution in [2.75, 3.05) is 13.1 Å². The van der Waals surface area contributed by atoms with E-state index < -0.39 is 17.5 Å². The van der Waals surface area contributed by atoms with Crippen molar-refractivity contribution >= 4 is 11.9 Å². The smallest absolute Gasteiger partial charge is 0.335 e. The Morgan fingerprint density at radius 1 is 0.800 bits per heavy atom. The number of unbranched alkanes of at least 4 members (excludes halogenated alkanes) is 10. The molecular formula is C19H38N2O4. The summed E-state index contributed by atoms with van der Waals surface area (Å²) in [5.74, 6) is -2.57. The van der Waals surface area contributed by atoms with Crippen molar-refractivity contribution in [3.63, 3.8) is 0 Å². The summed E-state index contributed by atoms with van der Waals surface area (Å²) < 4.78 is 0. The molecule has 0 fully saturated rings. The average molecular weight is 359 g/mol. The lowest BCUT2D eigenvalue weighted by Crippen LogP contribution is -2.58. The first-order chi connectivity index (χ1) is 12.0. The van der Waals surface area contributed by atoms with Crippen LogP contribution >= 0.6 is 0 Å². The van der Waals surface area contributed by atoms with Gasteiger partial charge in [-0.25, -0.2) is 9.59 Å². The highest BCUT2D eigenvalue weighted by Gasteiger charge is 2.45. The van der Waals surface area contributed by atoms with E-state index in [1.54, 1.807) is 0 Å². The van der Waals surface area contributed by atoms with Gasteiger partial charge in [-0.3, -0.25) is 5.32 Å². The van der Waals surface area contributed by atoms with E-state index >= 15 is 0 Å². The molecule has 25 heavy (non-hydrogen) atoms. The fourth-order valence-electron chi connectivity index (χ4n) is 2.99. The summed E-state index contributed by atoms with van der Waals surface area (Å²) in [5, 5.41) is 21.7. The predicted molar refractivity (Wildman–Crippen MR) is 101 cm³/mol. The summed E-state index contributed by atoms with van der Waals surface area (Å²) in [6.45, 7) is 3.24. The van der Waals surface area contributed by atoms with E-state index in [1.165, 1.54) is 25.7 Å². The van der Waals surface area contributed by atoms with Crippen LogP contribution in [0.15, 0.2) is 0 Å². The van der Waals surface area contributed by atoms with Gasteiger partial charge < -0.3 is 15.9 Å². The number of nitrogens with two attached hydrogens (primary N) is 1. The van der Waals surface area contributed by atoms with Crippen LogP contribution in [0.3, 0.4) is 0 Å². The lowest BCUT2D eigenvalue weighted by Gasteiger charge is -2.26. The van der Waals surface area contributed by atoms with Crippen molar-refractivity contribution in [1.29, 1.82) is 0 Å². The topological polar surface area (TPSA) is 113 Å². The van der Waals surface area contributed by atoms with E-state index in [2.05, 4.69) is 12.2 Å². The zero-order valence-electron chi connectivity index (χ0n) is 15.9. The Kier molecular flexibility index (Phi) is 14.5. The summed E-state index contributed by atoms with van der Waals surface area (Å²) in [7, 11) is 0. The van der Waals surface area contributed by atoms with Crippen LogP contribution in [-0.2, 0) is 9.59 Å². The number of rotatable bonds is 18. The second kappa shape index (κ2) is 15.1. The van der Waals surface area contributed by atoms with Crippen molar-refractivity contribution in [3.8, 4) is 0 Å². The Hall–Kier alpha value is -1.14. The van der Waals surface area contributed by atoms with E-state index in [0.29, 0.717) is 19.5 Å². The second-order valence-electron chi connectivity index (χ2n) is 6.87. The molecule has 0 heterocycles. The Labute approximate surface area is 152 Å². The molecular weight excluding hydrogens is 320 g/mol. The number of hydrogen-bond acceptors (Lipinski definition) is 4. The van der Waals surface area contributed by atoms with E-state index in [4.69, 9.17) is 5.73 Å². The molecule has 0 spiro atoms. The van der Waals surface area contributed by atoms with Gasteiger partial charge in [0.25, 0.3) is 0 Å². The minimum atomic E-state index is -1.85. The van der Waals surface area contributed by atoms with Crippen LogP contribution in [0.5, 0.6) is 0 Å². The number of aliphatic carboxylic acids is 2. The molecule has 0 saturated heterocycles. The maximum Gasteiger partial charge on any atom is 0.335 e. The predicted octanol–water partition coefficient (Wildman–Crippen LogP) is 3.53. The molecule has 6 heteroatoms. The summed E-state index contributed by atoms with van der Waals surface area (Å²) in [6, 6.07) is 0. The lowest BCUT2D eigenvalue weighted by atomic mass is 9.91. The monoisotopic (exact) mass is 358 g/mol. The van der Waals surface area contributed by atoms with Crippen LogP contribution in [0.4, 0.5) is 0 Å². The maximum atomic E-state index is 11.6. The van der Waals surface area contributed by atoms with Gasteiger partial charge in [-0.2, -0.15) is 0 Å². The summed E-state index contributed by atoms with van der Waals surface area (Å²) >= 11 is 0. The van der Waals surface area contributed by atoms with Gasteiger partial charge in [-0.15, -0.1) is 0 Å². The molecule has 0 aromatic rings. The van der Waals surface area contributed by atoms with Gasteiger partial charge in [0.1, 0.15) is 0 Å². The Bertz CT molecular complexity index is 347. The zero-order valence-corrected chi connectivity index (χ0v) is 15.9. The molecule has 0 aromatic heterocycles. The van der Waals surface area contributed by atoms with Gasteiger partial charge in [0.05, 0.1) is 0 Å². The molecule has 0 saturated carbocycles. The van der Waals surface area contributed by atoms with Crippen molar-refractivity contribution in [1.82, 2.24) is 5.32 Å². The van der Waals surface area contributed by atoms with Crippen LogP contribution in [0.25, 0.3) is 0 Å². The molecule has 5 N–H and O–H groups in total. The standard InChI is InChI=1S/C19H38N2O4/c1-2-3-4-5-6-7-8-11-14-19(17(22)23,18(24)25)21-16-13-10-9-12-15-20/h21H,2-16,20H2,1H3,(H,22,23)(H,24,25). The summed E-state index contributed by atoms with van der Waals surface area (Å²) in [5.41, 5.74) is 3.58. The first-order valence-corrected chi connectivity index (χ1v) is 9.93. The van der Waals surface area contributed by atoms with E-state index in [0.717, 1.165) is 44.9 Å². The number of hydrogen-bond donors (Lipinski definition) is 4. The molecule has 0 unspecified atom stereocenters. The highest BCUT2D eigenvalue weighted by molar-refractivity contribution is 6.03. The van der Waals surface area contributed by atoms with Crippen LogP contribution in [-0.4, -0.2) is 40.8 Å². The minimum Gasteiger partial charge on any atom is -0.479 e. The van der Waals surface area contributed by atoms with Crippen molar-refractivity contribution < 1.29 is 19.8 Å². The average Bonchev–Trinajstić information content (AvgIpc) is 2.57. The van der Waals surface area contributed by atoms with Crippen molar-refractivity contribution in [2.24, 2.45) is 5.73 Å². The normalized spacial score (nSPS) is 11.6. The van der Waals surface area contributed by atoms with Gasteiger partial charge in [-0.1, -0.05) is 71.1 Å². The third kappa shape index (κ3) is 10.4. The Morgan fingerprint density at radius 2 is 1.28 bits per heavy atom. The molecule has 0 aromatic carbocycles. The number of nitrogens with one attached hydrogen (secondary N) is 1. The molecule has 0 atom stereocenters. The number of carboxylic acids is 2. The maximum absolute atomic E-state index is 11.6. The van der Waals surface area contributed by atoms with Crippen LogP contribution in [0.2, 0.25) is 0 Å². The fourth-order valence-corrected chi connectivity index (χ4v) is 2.99. The molecule has 148 valence electrons. The molecule has 0 aliphatic rings. The van der Waals surface area contributed by atoms with Crippen LogP contribution < -0.4 is 11.1 Å². The highest BCUT2D eigenvalue weighted by atomic mass is 16.4. The SMILES string of the molecule is CCCCCCCCCCC(NCCCCCCN)(C(=O)O)C(=O)O. The third-order valence-electron chi connectivity index (χ3n) is 4.69. The lowest BCUT2D eigenvalue weighted by molar-refractivity contribution is -0.159. The molecule has 6 nitrogen and oxygen atoms in total. The Balaban J connectivity index is 4.20. The van der Waals surface area contributed by atoms with Crippen molar-refractivity contribution in [3.05, 3.63) is 0 Å². The molecule has 0 aliphatic carbocycles. The number of carbonyl (C=O) groups is 2. The van der Waals surface area contributed by atoms with Gasteiger partial charge >= 0.3 is 11.9 Å². The van der Waals surface area contributed by atoms with E-state index in [9.17, 15) is 19.8 Å². The second-order valence-corrected chi connectivity index (χ2v) is 6.87. The first kappa shape index (κ1) is 23.9. The van der Waals surface area contributed by atoms with Gasteiger partial charge in [0, 0.05) is 0 Å². The zero-order chi connectivity index (χ0) is 19.0. The third-order valence-corrected chi connectivity index (χ3v) is 4.69. The number of carboxylic acid groups (broad SMARTS) is 2. The fraction of sp³-hybridized carbons (Fsp3) is 0.895. The van der Waals surface area contributed by atoms with Gasteiger partial charge in [0.2, 0.25) is 5.54 Å². The van der Waals surface area contributed by atoms with Crippen LogP contribution in [0, 0.1) is 0 Å². The summed E-state index contributed by atoms with van der Waals surface area (Å²) in [4.78, 5) is 23.2. The minimum absolute atomic E-state index is 0.134. The van der Waals surface area contributed by atoms with E-state index in [1.807, 2.05) is 0 Å². The molecule has 0 amide bonds. The molecule has 0 rings (SSSR count). The van der Waals surface area contributed by atoms with E-state index in [-0.39, 0.29) is 6.42 Å². The van der Waals surface area contributed by atoms with Crippen LogP contribution in [0.1, 0.15) is 90.4 Å². The first-order valence-electron chi connectivity index (χ1n) is 9.93. The molecule has 0 radical (unpaired) electrons. The molecule has 0 aliphatic heterocycles. The molecule has 0 bridgehead atoms. The summed E-state index contributed by atoms with van der Waals surface area (Å²) in [6.07, 6.45) is 12.4. The largest absolute Gasteiger partial charge is 0.479 e. The van der Waals surface area contributed by atoms with Crippen molar-refractivity contribution in [2.45, 2.75) is 95.9 Å².